The van der Waals surface area contributed by atoms with Gasteiger partial charge in [-0.15, -0.1) is 0 Å². The number of nitrogens with one attached hydrogen (secondary N) is 3. The van der Waals surface area contributed by atoms with Crippen molar-refractivity contribution >= 4 is 23.2 Å². The Labute approximate surface area is 148 Å². The van der Waals surface area contributed by atoms with Crippen molar-refractivity contribution < 1.29 is 9.59 Å². The number of carbonyl (C=O) groups is 2. The lowest BCUT2D eigenvalue weighted by Gasteiger charge is -2.17. The van der Waals surface area contributed by atoms with E-state index in [-0.39, 0.29) is 17.9 Å². The van der Waals surface area contributed by atoms with E-state index in [2.05, 4.69) is 20.9 Å². The van der Waals surface area contributed by atoms with Gasteiger partial charge in [0.1, 0.15) is 6.04 Å². The molecule has 1 aromatic heterocycles. The number of amides is 2. The summed E-state index contributed by atoms with van der Waals surface area (Å²) < 4.78 is 0. The van der Waals surface area contributed by atoms with E-state index in [1.54, 1.807) is 31.5 Å². The van der Waals surface area contributed by atoms with Gasteiger partial charge in [-0.2, -0.15) is 0 Å². The molecule has 2 aromatic rings. The molecule has 6 heteroatoms. The van der Waals surface area contributed by atoms with Crippen LogP contribution in [0.5, 0.6) is 0 Å². The van der Waals surface area contributed by atoms with Gasteiger partial charge in [0.15, 0.2) is 0 Å². The molecule has 2 rings (SSSR count). The van der Waals surface area contributed by atoms with Crippen molar-refractivity contribution in [1.82, 2.24) is 15.6 Å². The first kappa shape index (κ1) is 18.4. The highest BCUT2D eigenvalue weighted by Gasteiger charge is 2.17. The summed E-state index contributed by atoms with van der Waals surface area (Å²) in [6, 6.07) is 10.3. The Hall–Kier alpha value is -2.89. The smallest absolute Gasteiger partial charge is 0.251 e. The number of rotatable bonds is 7. The fourth-order valence-corrected chi connectivity index (χ4v) is 2.12. The number of anilines is 2. The molecule has 132 valence electrons. The fourth-order valence-electron chi connectivity index (χ4n) is 2.12. The third-order valence-corrected chi connectivity index (χ3v) is 3.86. The first-order valence-electron chi connectivity index (χ1n) is 8.38. The number of hydrogen-bond acceptors (Lipinski definition) is 4. The van der Waals surface area contributed by atoms with Crippen molar-refractivity contribution in [3.8, 4) is 0 Å². The third-order valence-electron chi connectivity index (χ3n) is 3.86. The van der Waals surface area contributed by atoms with Gasteiger partial charge in [-0.1, -0.05) is 6.92 Å². The molecule has 0 aliphatic rings. The minimum absolute atomic E-state index is 0.0883. The van der Waals surface area contributed by atoms with Gasteiger partial charge in [0, 0.05) is 35.4 Å². The van der Waals surface area contributed by atoms with Crippen molar-refractivity contribution in [2.24, 2.45) is 0 Å². The Balaban J connectivity index is 1.92. The average Bonchev–Trinajstić information content (AvgIpc) is 2.62. The zero-order chi connectivity index (χ0) is 18.2. The van der Waals surface area contributed by atoms with Crippen molar-refractivity contribution in [2.75, 3.05) is 5.32 Å². The van der Waals surface area contributed by atoms with Gasteiger partial charge in [-0.05, 0) is 56.7 Å². The van der Waals surface area contributed by atoms with Crippen LogP contribution in [0, 0.1) is 0 Å². The van der Waals surface area contributed by atoms with Gasteiger partial charge in [0.25, 0.3) is 5.91 Å². The summed E-state index contributed by atoms with van der Waals surface area (Å²) in [5, 5.41) is 8.79. The highest BCUT2D eigenvalue weighted by molar-refractivity contribution is 5.97. The van der Waals surface area contributed by atoms with Gasteiger partial charge in [0.05, 0.1) is 0 Å². The van der Waals surface area contributed by atoms with Crippen LogP contribution in [0.4, 0.5) is 11.4 Å². The Bertz CT molecular complexity index is 701. The zero-order valence-electron chi connectivity index (χ0n) is 14.7. The number of pyridine rings is 1. The van der Waals surface area contributed by atoms with Crippen LogP contribution >= 0.6 is 0 Å². The van der Waals surface area contributed by atoms with Gasteiger partial charge >= 0.3 is 0 Å². The van der Waals surface area contributed by atoms with Crippen LogP contribution in [0.15, 0.2) is 48.8 Å². The molecule has 2 atom stereocenters. The lowest BCUT2D eigenvalue weighted by atomic mass is 10.1. The molecule has 1 aromatic carbocycles. The second-order valence-electron chi connectivity index (χ2n) is 5.95. The zero-order valence-corrected chi connectivity index (χ0v) is 14.7. The number of carbonyl (C=O) groups excluding carboxylic acids is 2. The van der Waals surface area contributed by atoms with Crippen molar-refractivity contribution in [3.63, 3.8) is 0 Å². The monoisotopic (exact) mass is 340 g/mol. The van der Waals surface area contributed by atoms with Crippen LogP contribution in [-0.4, -0.2) is 28.9 Å². The molecule has 25 heavy (non-hydrogen) atoms. The van der Waals surface area contributed by atoms with Crippen molar-refractivity contribution in [2.45, 2.75) is 39.3 Å². The van der Waals surface area contributed by atoms with Crippen LogP contribution in [-0.2, 0) is 4.79 Å². The topological polar surface area (TPSA) is 83.1 Å². The van der Waals surface area contributed by atoms with Gasteiger partial charge in [0.2, 0.25) is 5.91 Å². The standard InChI is InChI=1S/C19H24N4O2/c1-4-13(2)21-18(24)14(3)22-19(25)15-5-7-16(8-6-15)23-17-9-11-20-12-10-17/h5-14H,4H2,1-3H3,(H,20,23)(H,21,24)(H,22,25)/t13-,14+/m0/s1. The molecule has 3 N–H and O–H groups in total. The molecule has 0 aliphatic carbocycles. The van der Waals surface area contributed by atoms with Gasteiger partial charge in [-0.3, -0.25) is 14.6 Å². The first-order valence-corrected chi connectivity index (χ1v) is 8.38. The van der Waals surface area contributed by atoms with E-state index in [0.29, 0.717) is 5.56 Å². The highest BCUT2D eigenvalue weighted by atomic mass is 16.2. The lowest BCUT2D eigenvalue weighted by Crippen LogP contribution is -2.47. The molecular formula is C19H24N4O2. The number of nitrogens with zero attached hydrogens (tertiary/aromatic N) is 1. The third kappa shape index (κ3) is 5.60. The molecule has 0 aliphatic heterocycles. The molecule has 0 spiro atoms. The van der Waals surface area contributed by atoms with E-state index in [9.17, 15) is 9.59 Å². The predicted octanol–water partition coefficient (Wildman–Crippen LogP) is 2.86. The minimum atomic E-state index is -0.587. The summed E-state index contributed by atoms with van der Waals surface area (Å²) in [7, 11) is 0. The van der Waals surface area contributed by atoms with Crippen LogP contribution in [0.1, 0.15) is 37.6 Å². The fraction of sp³-hybridized carbons (Fsp3) is 0.316. The molecule has 0 bridgehead atoms. The van der Waals surface area contributed by atoms with E-state index in [4.69, 9.17) is 0 Å². The van der Waals surface area contributed by atoms with Gasteiger partial charge in [-0.25, -0.2) is 0 Å². The quantitative estimate of drug-likeness (QED) is 0.724. The molecular weight excluding hydrogens is 316 g/mol. The Morgan fingerprint density at radius 3 is 2.16 bits per heavy atom. The molecule has 0 fully saturated rings. The molecule has 2 amide bonds. The molecule has 0 unspecified atom stereocenters. The van der Waals surface area contributed by atoms with Gasteiger partial charge < -0.3 is 16.0 Å². The van der Waals surface area contributed by atoms with Crippen LogP contribution in [0.25, 0.3) is 0 Å². The average molecular weight is 340 g/mol. The predicted molar refractivity (Wildman–Crippen MR) is 98.8 cm³/mol. The summed E-state index contributed by atoms with van der Waals surface area (Å²) in [4.78, 5) is 28.2. The van der Waals surface area contributed by atoms with Crippen LogP contribution < -0.4 is 16.0 Å². The van der Waals surface area contributed by atoms with E-state index in [0.717, 1.165) is 17.8 Å². The molecule has 0 saturated heterocycles. The number of hydrogen-bond donors (Lipinski definition) is 3. The summed E-state index contributed by atoms with van der Waals surface area (Å²) in [5.41, 5.74) is 2.29. The second-order valence-corrected chi connectivity index (χ2v) is 5.95. The highest BCUT2D eigenvalue weighted by Crippen LogP contribution is 2.16. The Morgan fingerprint density at radius 1 is 0.960 bits per heavy atom. The van der Waals surface area contributed by atoms with E-state index in [1.807, 2.05) is 38.1 Å². The summed E-state index contributed by atoms with van der Waals surface area (Å²) in [5.74, 6) is -0.457. The van der Waals surface area contributed by atoms with Crippen LogP contribution in [0.2, 0.25) is 0 Å². The molecule has 6 nitrogen and oxygen atoms in total. The van der Waals surface area contributed by atoms with E-state index in [1.165, 1.54) is 0 Å². The first-order chi connectivity index (χ1) is 12.0. The number of benzene rings is 1. The summed E-state index contributed by atoms with van der Waals surface area (Å²) in [6.45, 7) is 5.60. The molecule has 0 radical (unpaired) electrons. The lowest BCUT2D eigenvalue weighted by molar-refractivity contribution is -0.123. The molecule has 0 saturated carbocycles. The largest absolute Gasteiger partial charge is 0.355 e. The SMILES string of the molecule is CC[C@H](C)NC(=O)[C@@H](C)NC(=O)c1ccc(Nc2ccncc2)cc1. The maximum Gasteiger partial charge on any atom is 0.251 e. The number of aromatic nitrogens is 1. The summed E-state index contributed by atoms with van der Waals surface area (Å²) in [6.07, 6.45) is 4.25. The van der Waals surface area contributed by atoms with Crippen molar-refractivity contribution in [1.29, 1.82) is 0 Å². The maximum absolute atomic E-state index is 12.3. The van der Waals surface area contributed by atoms with E-state index < -0.39 is 6.04 Å². The Kier molecular flexibility index (Phi) is 6.51. The van der Waals surface area contributed by atoms with E-state index >= 15 is 0 Å². The Morgan fingerprint density at radius 2 is 1.56 bits per heavy atom. The molecule has 1 heterocycles. The minimum Gasteiger partial charge on any atom is -0.355 e. The summed E-state index contributed by atoms with van der Waals surface area (Å²) >= 11 is 0. The normalized spacial score (nSPS) is 12.8. The second kappa shape index (κ2) is 8.82. The maximum atomic E-state index is 12.3. The van der Waals surface area contributed by atoms with Crippen molar-refractivity contribution in [3.05, 3.63) is 54.4 Å². The van der Waals surface area contributed by atoms with Crippen LogP contribution in [0.3, 0.4) is 0 Å².